The van der Waals surface area contributed by atoms with E-state index < -0.39 is 52.9 Å². The monoisotopic (exact) mass is 558 g/mol. The van der Waals surface area contributed by atoms with Gasteiger partial charge in [-0.15, -0.1) is 0 Å². The molecule has 3 fully saturated rings. The lowest BCUT2D eigenvalue weighted by atomic mass is 9.51. The molecule has 6 atom stereocenters. The summed E-state index contributed by atoms with van der Waals surface area (Å²) in [4.78, 5) is 69.5. The van der Waals surface area contributed by atoms with Gasteiger partial charge in [-0.1, -0.05) is 48.0 Å². The van der Waals surface area contributed by atoms with Crippen LogP contribution < -0.4 is 9.64 Å². The van der Waals surface area contributed by atoms with Crippen molar-refractivity contribution < 1.29 is 38.6 Å². The number of benzene rings is 2. The third-order valence-corrected chi connectivity index (χ3v) is 9.23. The van der Waals surface area contributed by atoms with Gasteiger partial charge in [-0.25, -0.2) is 9.69 Å². The van der Waals surface area contributed by atoms with Gasteiger partial charge in [0.25, 0.3) is 0 Å². The van der Waals surface area contributed by atoms with Crippen LogP contribution >= 0.6 is 0 Å². The van der Waals surface area contributed by atoms with Crippen LogP contribution in [0.1, 0.15) is 31.2 Å². The van der Waals surface area contributed by atoms with Crippen LogP contribution in [0, 0.1) is 29.1 Å². The molecule has 2 aromatic rings. The number of para-hydroxylation sites is 2. The predicted molar refractivity (Wildman–Crippen MR) is 144 cm³/mol. The number of anilines is 1. The summed E-state index contributed by atoms with van der Waals surface area (Å²) in [5, 5.41) is 9.45. The zero-order chi connectivity index (χ0) is 29.1. The standard InChI is InChI=1S/C31H30N2O8/c1-31-22(27(36)32(29(31)38)17-8-4-3-5-9-17)16-21-18(25(31)19-10-6-7-11-23(19)41-15-14-34)12-13-20-24(21)28(37)33(26(20)35)30(39)40-2/h3-12,20-22,24-25,34H,13-16H2,1-2H3. The summed E-state index contributed by atoms with van der Waals surface area (Å²) < 4.78 is 10.6. The van der Waals surface area contributed by atoms with E-state index in [-0.39, 0.29) is 37.9 Å². The summed E-state index contributed by atoms with van der Waals surface area (Å²) in [6.07, 6.45) is 1.24. The van der Waals surface area contributed by atoms with Gasteiger partial charge in [-0.05, 0) is 43.9 Å². The van der Waals surface area contributed by atoms with E-state index in [9.17, 15) is 29.1 Å². The first-order valence-corrected chi connectivity index (χ1v) is 13.7. The number of fused-ring (bicyclic) bond motifs is 4. The molecule has 2 aliphatic heterocycles. The van der Waals surface area contributed by atoms with Crippen LogP contribution in [0.4, 0.5) is 10.5 Å². The van der Waals surface area contributed by atoms with Crippen molar-refractivity contribution in [2.45, 2.75) is 25.7 Å². The number of likely N-dealkylation sites (tertiary alicyclic amines) is 1. The van der Waals surface area contributed by atoms with E-state index in [2.05, 4.69) is 0 Å². The molecular weight excluding hydrogens is 528 g/mol. The van der Waals surface area contributed by atoms with Crippen LogP contribution in [0.25, 0.3) is 0 Å². The molecule has 2 heterocycles. The summed E-state index contributed by atoms with van der Waals surface area (Å²) in [5.41, 5.74) is 0.657. The van der Waals surface area contributed by atoms with Gasteiger partial charge in [0.05, 0.1) is 42.6 Å². The molecule has 2 aliphatic carbocycles. The number of rotatable bonds is 5. The third-order valence-electron chi connectivity index (χ3n) is 9.23. The number of nitrogens with zero attached hydrogens (tertiary/aromatic N) is 2. The number of carbonyl (C=O) groups excluding carboxylic acids is 5. The highest BCUT2D eigenvalue weighted by Crippen LogP contribution is 2.64. The number of hydrogen-bond donors (Lipinski definition) is 1. The highest BCUT2D eigenvalue weighted by Gasteiger charge is 2.68. The predicted octanol–water partition coefficient (Wildman–Crippen LogP) is 3.05. The number of carbonyl (C=O) groups is 5. The molecule has 4 aliphatic rings. The normalized spacial score (nSPS) is 30.5. The highest BCUT2D eigenvalue weighted by molar-refractivity contribution is 6.24. The molecule has 0 spiro atoms. The molecule has 5 amide bonds. The Morgan fingerprint density at radius 1 is 0.976 bits per heavy atom. The lowest BCUT2D eigenvalue weighted by Crippen LogP contribution is -2.49. The minimum absolute atomic E-state index is 0.0289. The molecule has 6 unspecified atom stereocenters. The molecule has 0 radical (unpaired) electrons. The van der Waals surface area contributed by atoms with Crippen LogP contribution in [-0.2, 0) is 23.9 Å². The Morgan fingerprint density at radius 2 is 1.68 bits per heavy atom. The van der Waals surface area contributed by atoms with Crippen molar-refractivity contribution in [3.05, 3.63) is 71.8 Å². The quantitative estimate of drug-likeness (QED) is 0.438. The second-order valence-corrected chi connectivity index (χ2v) is 11.1. The fraction of sp³-hybridized carbons (Fsp3) is 0.387. The summed E-state index contributed by atoms with van der Waals surface area (Å²) in [5.74, 6) is -5.20. The van der Waals surface area contributed by atoms with E-state index in [0.29, 0.717) is 21.9 Å². The zero-order valence-corrected chi connectivity index (χ0v) is 22.7. The van der Waals surface area contributed by atoms with Gasteiger partial charge in [-0.3, -0.25) is 19.2 Å². The average Bonchev–Trinajstić information content (AvgIpc) is 3.36. The molecule has 0 bridgehead atoms. The first-order valence-electron chi connectivity index (χ1n) is 13.7. The minimum Gasteiger partial charge on any atom is -0.491 e. The maximum absolute atomic E-state index is 14.4. The number of aliphatic hydroxyl groups excluding tert-OH is 1. The molecule has 1 saturated carbocycles. The first kappa shape index (κ1) is 26.9. The maximum Gasteiger partial charge on any atom is 0.423 e. The molecule has 10 heteroatoms. The minimum atomic E-state index is -1.23. The van der Waals surface area contributed by atoms with Gasteiger partial charge in [0.1, 0.15) is 12.4 Å². The van der Waals surface area contributed by atoms with Crippen LogP contribution in [0.3, 0.4) is 0 Å². The van der Waals surface area contributed by atoms with E-state index in [1.165, 1.54) is 4.90 Å². The Kier molecular flexibility index (Phi) is 6.53. The summed E-state index contributed by atoms with van der Waals surface area (Å²) >= 11 is 0. The number of allylic oxidation sites excluding steroid dienone is 2. The van der Waals surface area contributed by atoms with Crippen molar-refractivity contribution in [2.75, 3.05) is 25.2 Å². The molecule has 41 heavy (non-hydrogen) atoms. The van der Waals surface area contributed by atoms with E-state index in [1.54, 1.807) is 49.4 Å². The fourth-order valence-corrected chi connectivity index (χ4v) is 7.46. The Labute approximate surface area is 236 Å². The Hall–Kier alpha value is -4.31. The first-order chi connectivity index (χ1) is 19.7. The number of methoxy groups -OCH3 is 1. The largest absolute Gasteiger partial charge is 0.491 e. The van der Waals surface area contributed by atoms with E-state index >= 15 is 0 Å². The zero-order valence-electron chi connectivity index (χ0n) is 22.7. The lowest BCUT2D eigenvalue weighted by Gasteiger charge is -2.49. The molecule has 10 nitrogen and oxygen atoms in total. The SMILES string of the molecule is COC(=O)N1C(=O)C2CC=C3C(CC4C(=O)N(c5ccccc5)C(=O)C4(C)C3c3ccccc3OCCO)C2C1=O. The molecule has 6 rings (SSSR count). The molecule has 0 aromatic heterocycles. The highest BCUT2D eigenvalue weighted by atomic mass is 16.5. The molecule has 212 valence electrons. The van der Waals surface area contributed by atoms with Crippen LogP contribution in [0.15, 0.2) is 66.2 Å². The van der Waals surface area contributed by atoms with Gasteiger partial charge in [0, 0.05) is 11.5 Å². The lowest BCUT2D eigenvalue weighted by molar-refractivity contribution is -0.138. The van der Waals surface area contributed by atoms with Crippen molar-refractivity contribution >= 4 is 35.4 Å². The third kappa shape index (κ3) is 3.77. The van der Waals surface area contributed by atoms with E-state index in [4.69, 9.17) is 9.47 Å². The Morgan fingerprint density at radius 3 is 2.39 bits per heavy atom. The van der Waals surface area contributed by atoms with Crippen LogP contribution in [0.5, 0.6) is 5.75 Å². The smallest absolute Gasteiger partial charge is 0.423 e. The molecular formula is C31H30N2O8. The molecule has 2 aromatic carbocycles. The summed E-state index contributed by atoms with van der Waals surface area (Å²) in [6.45, 7) is 1.61. The van der Waals surface area contributed by atoms with Gasteiger partial charge in [0.15, 0.2) is 0 Å². The number of ether oxygens (including phenoxy) is 2. The van der Waals surface area contributed by atoms with Crippen molar-refractivity contribution in [2.24, 2.45) is 29.1 Å². The van der Waals surface area contributed by atoms with Crippen LogP contribution in [-0.4, -0.2) is 60.1 Å². The molecule has 2 saturated heterocycles. The Balaban J connectivity index is 1.53. The van der Waals surface area contributed by atoms with Crippen molar-refractivity contribution in [1.82, 2.24) is 4.90 Å². The van der Waals surface area contributed by atoms with Crippen LogP contribution in [0.2, 0.25) is 0 Å². The van der Waals surface area contributed by atoms with Gasteiger partial charge < -0.3 is 14.6 Å². The van der Waals surface area contributed by atoms with E-state index in [0.717, 1.165) is 12.7 Å². The van der Waals surface area contributed by atoms with Crippen molar-refractivity contribution in [3.63, 3.8) is 0 Å². The second-order valence-electron chi connectivity index (χ2n) is 11.1. The van der Waals surface area contributed by atoms with E-state index in [1.807, 2.05) is 18.2 Å². The number of imide groups is 4. The number of hydrogen-bond acceptors (Lipinski definition) is 8. The number of amides is 5. The van der Waals surface area contributed by atoms with Crippen molar-refractivity contribution in [1.29, 1.82) is 0 Å². The topological polar surface area (TPSA) is 131 Å². The fourth-order valence-electron chi connectivity index (χ4n) is 7.46. The summed E-state index contributed by atoms with van der Waals surface area (Å²) in [6, 6.07) is 15.9. The maximum atomic E-state index is 14.4. The average molecular weight is 559 g/mol. The van der Waals surface area contributed by atoms with Gasteiger partial charge >= 0.3 is 6.09 Å². The Bertz CT molecular complexity index is 1490. The molecule has 1 N–H and O–H groups in total. The van der Waals surface area contributed by atoms with Gasteiger partial charge in [0.2, 0.25) is 23.6 Å². The number of aliphatic hydroxyl groups is 1. The second kappa shape index (κ2) is 9.95. The summed E-state index contributed by atoms with van der Waals surface area (Å²) in [7, 11) is 1.11. The van der Waals surface area contributed by atoms with Crippen molar-refractivity contribution in [3.8, 4) is 5.75 Å². The van der Waals surface area contributed by atoms with Gasteiger partial charge in [-0.2, -0.15) is 4.90 Å².